The Morgan fingerprint density at radius 2 is 1.83 bits per heavy atom. The van der Waals surface area contributed by atoms with Crippen molar-refractivity contribution in [3.8, 4) is 0 Å². The van der Waals surface area contributed by atoms with Gasteiger partial charge in [-0.2, -0.15) is 8.42 Å². The molecule has 0 aliphatic carbocycles. The number of nitrogens with two attached hydrogens (primary N) is 1. The zero-order chi connectivity index (χ0) is 5.21. The average Bonchev–Trinajstić information content (AvgIpc) is 1.35. The first-order chi connectivity index (χ1) is 2.56. The van der Waals surface area contributed by atoms with Crippen LogP contribution in [0, 0.1) is 0 Å². The van der Waals surface area contributed by atoms with E-state index in [-0.39, 0.29) is 11.0 Å². The van der Waals surface area contributed by atoms with Crippen LogP contribution in [-0.4, -0.2) is 13.0 Å². The highest BCUT2D eigenvalue weighted by molar-refractivity contribution is 8.69. The zero-order valence-corrected chi connectivity index (χ0v) is 4.29. The van der Waals surface area contributed by atoms with Gasteiger partial charge >= 0.3 is 9.15 Å². The lowest BCUT2D eigenvalue weighted by Crippen LogP contribution is -1.92. The van der Waals surface area contributed by atoms with Gasteiger partial charge in [-0.1, -0.05) is 0 Å². The van der Waals surface area contributed by atoms with E-state index in [2.05, 4.69) is 5.14 Å². The first-order valence-corrected chi connectivity index (χ1v) is 3.75. The lowest BCUT2D eigenvalue weighted by atomic mass is 14.0. The van der Waals surface area contributed by atoms with Gasteiger partial charge < -0.3 is 0 Å². The fourth-order valence-corrected chi connectivity index (χ4v) is 0. The Morgan fingerprint density at radius 1 is 1.67 bits per heavy atom. The van der Waals surface area contributed by atoms with E-state index in [1.165, 1.54) is 0 Å². The Hall–Kier alpha value is 0.220. The van der Waals surface area contributed by atoms with Gasteiger partial charge in [0.25, 0.3) is 0 Å². The van der Waals surface area contributed by atoms with Crippen molar-refractivity contribution >= 4 is 20.1 Å². The van der Waals surface area contributed by atoms with Crippen molar-refractivity contribution in [2.45, 2.75) is 0 Å². The second-order valence-electron chi connectivity index (χ2n) is 0.524. The monoisotopic (exact) mass is 129 g/mol. The summed E-state index contributed by atoms with van der Waals surface area (Å²) in [5, 5.41) is 4.38. The maximum Gasteiger partial charge on any atom is 0.333 e. The molecule has 0 atom stereocenters. The van der Waals surface area contributed by atoms with E-state index >= 15 is 0 Å². The van der Waals surface area contributed by atoms with Crippen molar-refractivity contribution in [3.63, 3.8) is 0 Å². The summed E-state index contributed by atoms with van der Waals surface area (Å²) in [7, 11) is -4.06. The molecule has 0 aliphatic rings. The van der Waals surface area contributed by atoms with Crippen molar-refractivity contribution in [3.05, 3.63) is 0 Å². The summed E-state index contributed by atoms with van der Waals surface area (Å²) in [4.78, 5) is 0. The van der Waals surface area contributed by atoms with Gasteiger partial charge in [0.15, 0.2) is 0 Å². The van der Waals surface area contributed by atoms with E-state index in [0.717, 1.165) is 0 Å². The molecule has 0 saturated carbocycles. The molecule has 38 valence electrons. The Kier molecular flexibility index (Phi) is 1.85. The van der Waals surface area contributed by atoms with Gasteiger partial charge in [0.2, 0.25) is 0 Å². The van der Waals surface area contributed by atoms with Crippen LogP contribution < -0.4 is 5.14 Å². The minimum absolute atomic E-state index is 0.0903. The molecule has 3 N–H and O–H groups in total. The lowest BCUT2D eigenvalue weighted by Gasteiger charge is -1.78. The van der Waals surface area contributed by atoms with Crippen LogP contribution >= 0.6 is 11.0 Å². The van der Waals surface area contributed by atoms with Crippen molar-refractivity contribution in [1.82, 2.24) is 0 Å². The molecule has 0 bridgehead atoms. The SMILES string of the molecule is NSS(=O)(=O)O. The topological polar surface area (TPSA) is 80.4 Å². The number of hydrogen-bond donors (Lipinski definition) is 2. The normalized spacial score (nSPS) is 11.7. The Bertz CT molecular complexity index is 111. The Labute approximate surface area is 39.0 Å². The molecule has 0 aromatic heterocycles. The number of rotatable bonds is 1. The molecule has 4 nitrogen and oxygen atoms in total. The highest BCUT2D eigenvalue weighted by Gasteiger charge is 1.95. The molecule has 0 aliphatic heterocycles. The van der Waals surface area contributed by atoms with Crippen molar-refractivity contribution in [1.29, 1.82) is 0 Å². The van der Waals surface area contributed by atoms with Crippen LogP contribution in [0.1, 0.15) is 0 Å². The first kappa shape index (κ1) is 6.22. The molecule has 0 saturated heterocycles. The van der Waals surface area contributed by atoms with Gasteiger partial charge in [0.05, 0.1) is 11.0 Å². The first-order valence-electron chi connectivity index (χ1n) is 0.918. The van der Waals surface area contributed by atoms with E-state index in [9.17, 15) is 8.42 Å². The third-order valence-corrected chi connectivity index (χ3v) is 1.09. The maximum atomic E-state index is 9.39. The average molecular weight is 129 g/mol. The van der Waals surface area contributed by atoms with Crippen LogP contribution in [0.4, 0.5) is 0 Å². The van der Waals surface area contributed by atoms with Gasteiger partial charge in [0, 0.05) is 0 Å². The highest BCUT2D eigenvalue weighted by atomic mass is 33.2. The molecule has 0 heterocycles. The Morgan fingerprint density at radius 3 is 1.83 bits per heavy atom. The fourth-order valence-electron chi connectivity index (χ4n) is 0. The molecule has 0 spiro atoms. The van der Waals surface area contributed by atoms with Crippen molar-refractivity contribution in [2.75, 3.05) is 0 Å². The molecule has 0 rings (SSSR count). The second-order valence-corrected chi connectivity index (χ2v) is 3.41. The second kappa shape index (κ2) is 1.78. The minimum Gasteiger partial charge on any atom is -0.276 e. The summed E-state index contributed by atoms with van der Waals surface area (Å²) < 4.78 is 26.4. The molecule has 0 aromatic rings. The van der Waals surface area contributed by atoms with Gasteiger partial charge in [-0.25, -0.2) is 0 Å². The predicted molar refractivity (Wildman–Crippen MR) is 23.3 cm³/mol. The third-order valence-electron chi connectivity index (χ3n) is 0.122. The van der Waals surface area contributed by atoms with Crippen LogP contribution in [0.5, 0.6) is 0 Å². The summed E-state index contributed by atoms with van der Waals surface area (Å²) >= 11 is 0. The Balaban J connectivity index is 3.85. The third kappa shape index (κ3) is 4.22. The van der Waals surface area contributed by atoms with Gasteiger partial charge in [-0.05, 0) is 0 Å². The van der Waals surface area contributed by atoms with Crippen molar-refractivity contribution < 1.29 is 13.0 Å². The van der Waals surface area contributed by atoms with E-state index in [1.54, 1.807) is 0 Å². The molecule has 6 heteroatoms. The smallest absolute Gasteiger partial charge is 0.276 e. The van der Waals surface area contributed by atoms with Crippen LogP contribution in [-0.2, 0) is 9.15 Å². The van der Waals surface area contributed by atoms with Gasteiger partial charge in [0.1, 0.15) is 0 Å². The largest absolute Gasteiger partial charge is 0.333 e. The highest BCUT2D eigenvalue weighted by Crippen LogP contribution is 1.94. The van der Waals surface area contributed by atoms with E-state index in [1.807, 2.05) is 0 Å². The molecule has 0 amide bonds. The van der Waals surface area contributed by atoms with E-state index < -0.39 is 9.15 Å². The van der Waals surface area contributed by atoms with Crippen LogP contribution in [0.3, 0.4) is 0 Å². The summed E-state index contributed by atoms with van der Waals surface area (Å²) in [5.74, 6) is 0. The molecular weight excluding hydrogens is 126 g/mol. The summed E-state index contributed by atoms with van der Waals surface area (Å²) in [6, 6.07) is 0. The van der Waals surface area contributed by atoms with Gasteiger partial charge in [-0.15, -0.1) is 0 Å². The van der Waals surface area contributed by atoms with E-state index in [0.29, 0.717) is 0 Å². The minimum atomic E-state index is -3.97. The molecule has 6 heavy (non-hydrogen) atoms. The van der Waals surface area contributed by atoms with E-state index in [4.69, 9.17) is 4.55 Å². The van der Waals surface area contributed by atoms with Crippen LogP contribution in [0.25, 0.3) is 0 Å². The van der Waals surface area contributed by atoms with Crippen molar-refractivity contribution in [2.24, 2.45) is 5.14 Å². The molecule has 0 radical (unpaired) electrons. The number of hydrogen-bond acceptors (Lipinski definition) is 4. The fraction of sp³-hybridized carbons (Fsp3) is 0. The molecule has 0 aromatic carbocycles. The molecule has 0 unspecified atom stereocenters. The standard InChI is InChI=1S/H3NO3S2/c1-5-6(2,3)4/h1H2,(H,2,3,4). The van der Waals surface area contributed by atoms with Crippen LogP contribution in [0.2, 0.25) is 0 Å². The molecule has 0 fully saturated rings. The summed E-state index contributed by atoms with van der Waals surface area (Å²) in [6.45, 7) is 0. The zero-order valence-electron chi connectivity index (χ0n) is 2.66. The van der Waals surface area contributed by atoms with Gasteiger partial charge in [-0.3, -0.25) is 9.69 Å². The summed E-state index contributed by atoms with van der Waals surface area (Å²) in [6.07, 6.45) is 0. The predicted octanol–water partition coefficient (Wildman–Crippen LogP) is -0.604. The quantitative estimate of drug-likeness (QED) is 0.280. The molecular formula is H3NO3S2. The van der Waals surface area contributed by atoms with Crippen LogP contribution in [0.15, 0.2) is 0 Å². The lowest BCUT2D eigenvalue weighted by molar-refractivity contribution is 0.503. The summed E-state index contributed by atoms with van der Waals surface area (Å²) in [5.41, 5.74) is 0. The maximum absolute atomic E-state index is 9.39.